The van der Waals surface area contributed by atoms with E-state index in [-0.39, 0.29) is 11.3 Å². The van der Waals surface area contributed by atoms with Gasteiger partial charge in [0.15, 0.2) is 5.88 Å². The minimum absolute atomic E-state index is 0.0464. The number of phenols is 1. The molecule has 0 saturated carbocycles. The lowest BCUT2D eigenvalue weighted by atomic mass is 10.2. The van der Waals surface area contributed by atoms with E-state index in [1.807, 2.05) is 12.1 Å². The zero-order chi connectivity index (χ0) is 18.4. The SMILES string of the molecule is N#C/C(=C/c1ccc(N2CCCCCC2)o1)C(=O)Nc1ccc(O)cc1. The largest absolute Gasteiger partial charge is 0.508 e. The van der Waals surface area contributed by atoms with E-state index in [2.05, 4.69) is 10.2 Å². The van der Waals surface area contributed by atoms with Crippen LogP contribution < -0.4 is 10.2 Å². The summed E-state index contributed by atoms with van der Waals surface area (Å²) in [4.78, 5) is 14.5. The molecule has 1 aromatic heterocycles. The molecule has 2 heterocycles. The quantitative estimate of drug-likeness (QED) is 0.495. The third-order valence-electron chi connectivity index (χ3n) is 4.31. The molecule has 0 atom stereocenters. The van der Waals surface area contributed by atoms with Gasteiger partial charge in [0.1, 0.15) is 23.2 Å². The molecular weight excluding hydrogens is 330 g/mol. The van der Waals surface area contributed by atoms with Crippen molar-refractivity contribution in [2.45, 2.75) is 25.7 Å². The fraction of sp³-hybridized carbons (Fsp3) is 0.300. The molecule has 1 aromatic carbocycles. The van der Waals surface area contributed by atoms with E-state index in [0.29, 0.717) is 11.4 Å². The number of amides is 1. The Bertz CT molecular complexity index is 823. The predicted octanol–water partition coefficient (Wildman–Crippen LogP) is 3.91. The second-order valence-electron chi connectivity index (χ2n) is 6.25. The van der Waals surface area contributed by atoms with E-state index < -0.39 is 5.91 Å². The van der Waals surface area contributed by atoms with Crippen molar-refractivity contribution in [2.24, 2.45) is 0 Å². The van der Waals surface area contributed by atoms with Crippen LogP contribution in [0, 0.1) is 11.3 Å². The van der Waals surface area contributed by atoms with Gasteiger partial charge in [-0.1, -0.05) is 12.8 Å². The zero-order valence-corrected chi connectivity index (χ0v) is 14.4. The Labute approximate surface area is 152 Å². The maximum absolute atomic E-state index is 12.3. The number of nitrogens with one attached hydrogen (secondary N) is 1. The highest BCUT2D eigenvalue weighted by Gasteiger charge is 2.15. The molecule has 0 spiro atoms. The lowest BCUT2D eigenvalue weighted by Gasteiger charge is -2.18. The van der Waals surface area contributed by atoms with Crippen molar-refractivity contribution in [1.29, 1.82) is 5.26 Å². The predicted molar refractivity (Wildman–Crippen MR) is 99.7 cm³/mol. The van der Waals surface area contributed by atoms with Crippen LogP contribution >= 0.6 is 0 Å². The Balaban J connectivity index is 1.71. The second kappa shape index (κ2) is 8.26. The molecule has 1 aliphatic heterocycles. The third kappa shape index (κ3) is 4.45. The summed E-state index contributed by atoms with van der Waals surface area (Å²) in [6.45, 7) is 1.92. The van der Waals surface area contributed by atoms with E-state index >= 15 is 0 Å². The molecule has 0 radical (unpaired) electrons. The highest BCUT2D eigenvalue weighted by molar-refractivity contribution is 6.09. The highest BCUT2D eigenvalue weighted by atomic mass is 16.4. The first-order valence-electron chi connectivity index (χ1n) is 8.73. The monoisotopic (exact) mass is 351 g/mol. The summed E-state index contributed by atoms with van der Waals surface area (Å²) < 4.78 is 5.81. The van der Waals surface area contributed by atoms with Gasteiger partial charge in [0, 0.05) is 30.9 Å². The number of carbonyl (C=O) groups is 1. The molecule has 1 aliphatic rings. The van der Waals surface area contributed by atoms with Crippen LogP contribution in [0.1, 0.15) is 31.4 Å². The van der Waals surface area contributed by atoms with Crippen molar-refractivity contribution < 1.29 is 14.3 Å². The van der Waals surface area contributed by atoms with Crippen molar-refractivity contribution in [3.63, 3.8) is 0 Å². The van der Waals surface area contributed by atoms with Crippen LogP contribution in [0.2, 0.25) is 0 Å². The molecular formula is C20H21N3O3. The topological polar surface area (TPSA) is 89.5 Å². The number of rotatable bonds is 4. The first-order valence-corrected chi connectivity index (χ1v) is 8.73. The molecule has 26 heavy (non-hydrogen) atoms. The molecule has 2 N–H and O–H groups in total. The number of benzene rings is 1. The van der Waals surface area contributed by atoms with Crippen LogP contribution in [-0.4, -0.2) is 24.1 Å². The number of furan rings is 1. The summed E-state index contributed by atoms with van der Waals surface area (Å²) in [5, 5.41) is 21.2. The van der Waals surface area contributed by atoms with Crippen molar-refractivity contribution >= 4 is 23.6 Å². The van der Waals surface area contributed by atoms with Gasteiger partial charge >= 0.3 is 0 Å². The highest BCUT2D eigenvalue weighted by Crippen LogP contribution is 2.24. The maximum Gasteiger partial charge on any atom is 0.266 e. The molecule has 6 nitrogen and oxygen atoms in total. The van der Waals surface area contributed by atoms with Crippen LogP contribution in [0.5, 0.6) is 5.75 Å². The van der Waals surface area contributed by atoms with Gasteiger partial charge in [-0.25, -0.2) is 0 Å². The molecule has 1 fully saturated rings. The molecule has 3 rings (SSSR count). The van der Waals surface area contributed by atoms with Crippen LogP contribution in [0.4, 0.5) is 11.6 Å². The van der Waals surface area contributed by atoms with Crippen LogP contribution in [-0.2, 0) is 4.79 Å². The van der Waals surface area contributed by atoms with Gasteiger partial charge in [-0.2, -0.15) is 5.26 Å². The normalized spacial score (nSPS) is 15.2. The Morgan fingerprint density at radius 2 is 1.81 bits per heavy atom. The number of phenolic OH excluding ortho intramolecular Hbond substituents is 1. The summed E-state index contributed by atoms with van der Waals surface area (Å²) in [5.41, 5.74) is 0.452. The van der Waals surface area contributed by atoms with Gasteiger partial charge in [0.25, 0.3) is 5.91 Å². The number of anilines is 2. The lowest BCUT2D eigenvalue weighted by Crippen LogP contribution is -2.23. The van der Waals surface area contributed by atoms with E-state index in [0.717, 1.165) is 31.8 Å². The van der Waals surface area contributed by atoms with Gasteiger partial charge < -0.3 is 19.7 Å². The first kappa shape index (κ1) is 17.6. The zero-order valence-electron chi connectivity index (χ0n) is 14.4. The summed E-state index contributed by atoms with van der Waals surface area (Å²) in [5.74, 6) is 0.831. The minimum atomic E-state index is -0.522. The average Bonchev–Trinajstić information content (AvgIpc) is 2.94. The van der Waals surface area contributed by atoms with E-state index in [4.69, 9.17) is 4.42 Å². The van der Waals surface area contributed by atoms with Crippen LogP contribution in [0.3, 0.4) is 0 Å². The second-order valence-corrected chi connectivity index (χ2v) is 6.25. The molecule has 2 aromatic rings. The van der Waals surface area contributed by atoms with Crippen molar-refractivity contribution in [2.75, 3.05) is 23.3 Å². The lowest BCUT2D eigenvalue weighted by molar-refractivity contribution is -0.112. The van der Waals surface area contributed by atoms with Crippen molar-refractivity contribution in [1.82, 2.24) is 0 Å². The summed E-state index contributed by atoms with van der Waals surface area (Å²) in [6, 6.07) is 11.6. The summed E-state index contributed by atoms with van der Waals surface area (Å²) in [6.07, 6.45) is 6.20. The molecule has 6 heteroatoms. The first-order chi connectivity index (χ1) is 12.7. The Kier molecular flexibility index (Phi) is 5.59. The number of carbonyl (C=O) groups excluding carboxylic acids is 1. The molecule has 0 bridgehead atoms. The van der Waals surface area contributed by atoms with Crippen LogP contribution in [0.15, 0.2) is 46.4 Å². The molecule has 0 aliphatic carbocycles. The van der Waals surface area contributed by atoms with Gasteiger partial charge in [0.05, 0.1) is 0 Å². The maximum atomic E-state index is 12.3. The van der Waals surface area contributed by atoms with Crippen molar-refractivity contribution in [3.8, 4) is 11.8 Å². The Hall–Kier alpha value is -3.20. The number of nitrogens with zero attached hydrogens (tertiary/aromatic N) is 2. The van der Waals surface area contributed by atoms with Crippen molar-refractivity contribution in [3.05, 3.63) is 47.7 Å². The summed E-state index contributed by atoms with van der Waals surface area (Å²) in [7, 11) is 0. The van der Waals surface area contributed by atoms with Gasteiger partial charge in [-0.05, 0) is 43.2 Å². The molecule has 1 amide bonds. The Morgan fingerprint density at radius 1 is 1.12 bits per heavy atom. The number of nitriles is 1. The standard InChI is InChI=1S/C20H21N3O3/c21-14-15(20(25)22-16-5-7-17(24)8-6-16)13-18-9-10-19(26-18)23-11-3-1-2-4-12-23/h5-10,13,24H,1-4,11-12H2,(H,22,25)/b15-13-. The minimum Gasteiger partial charge on any atom is -0.508 e. The fourth-order valence-electron chi connectivity index (χ4n) is 2.91. The number of hydrogen-bond donors (Lipinski definition) is 2. The van der Waals surface area contributed by atoms with Gasteiger partial charge in [-0.15, -0.1) is 0 Å². The molecule has 134 valence electrons. The average molecular weight is 351 g/mol. The fourth-order valence-corrected chi connectivity index (χ4v) is 2.91. The summed E-state index contributed by atoms with van der Waals surface area (Å²) >= 11 is 0. The van der Waals surface area contributed by atoms with Crippen LogP contribution in [0.25, 0.3) is 6.08 Å². The van der Waals surface area contributed by atoms with E-state index in [9.17, 15) is 15.2 Å². The molecule has 0 unspecified atom stereocenters. The number of aromatic hydroxyl groups is 1. The molecule has 1 saturated heterocycles. The smallest absolute Gasteiger partial charge is 0.266 e. The third-order valence-corrected chi connectivity index (χ3v) is 4.31. The van der Waals surface area contributed by atoms with E-state index in [1.165, 1.54) is 31.1 Å². The number of hydrogen-bond acceptors (Lipinski definition) is 5. The van der Waals surface area contributed by atoms with Gasteiger partial charge in [-0.3, -0.25) is 4.79 Å². The Morgan fingerprint density at radius 3 is 2.46 bits per heavy atom. The van der Waals surface area contributed by atoms with Gasteiger partial charge in [0.2, 0.25) is 0 Å². The van der Waals surface area contributed by atoms with E-state index in [1.54, 1.807) is 18.2 Å².